The van der Waals surface area contributed by atoms with Crippen molar-refractivity contribution in [2.24, 2.45) is 4.99 Å². The highest BCUT2D eigenvalue weighted by Gasteiger charge is 2.03. The maximum atomic E-state index is 5.80. The van der Waals surface area contributed by atoms with Crippen LogP contribution in [-0.4, -0.2) is 66.0 Å². The SMILES string of the molecule is CCNC(=NCc1cccc(OCCN(C)C)c1)NCCn1cnnc1CC. The number of guanidine groups is 1. The van der Waals surface area contributed by atoms with Gasteiger partial charge in [0.1, 0.15) is 24.5 Å². The molecule has 1 aromatic heterocycles. The molecule has 0 atom stereocenters. The van der Waals surface area contributed by atoms with Crippen molar-refractivity contribution >= 4 is 5.96 Å². The van der Waals surface area contributed by atoms with E-state index in [4.69, 9.17) is 4.74 Å². The molecule has 0 aliphatic heterocycles. The first kappa shape index (κ1) is 21.7. The third-order valence-corrected chi connectivity index (χ3v) is 4.13. The average Bonchev–Trinajstić information content (AvgIpc) is 3.13. The Morgan fingerprint density at radius 2 is 2.11 bits per heavy atom. The Morgan fingerprint density at radius 3 is 2.86 bits per heavy atom. The number of hydrogen-bond donors (Lipinski definition) is 2. The Bertz CT molecular complexity index is 727. The van der Waals surface area contributed by atoms with Gasteiger partial charge in [-0.1, -0.05) is 19.1 Å². The van der Waals surface area contributed by atoms with Crippen molar-refractivity contribution in [3.8, 4) is 5.75 Å². The second kappa shape index (κ2) is 12.0. The van der Waals surface area contributed by atoms with Gasteiger partial charge in [0, 0.05) is 32.6 Å². The highest BCUT2D eigenvalue weighted by atomic mass is 16.5. The van der Waals surface area contributed by atoms with Gasteiger partial charge in [0.15, 0.2) is 5.96 Å². The molecule has 0 unspecified atom stereocenters. The molecule has 8 nitrogen and oxygen atoms in total. The highest BCUT2D eigenvalue weighted by molar-refractivity contribution is 5.79. The van der Waals surface area contributed by atoms with Crippen LogP contribution in [0.4, 0.5) is 0 Å². The molecule has 0 aliphatic carbocycles. The molecule has 0 saturated heterocycles. The molecule has 0 fully saturated rings. The molecule has 0 saturated carbocycles. The van der Waals surface area contributed by atoms with Crippen molar-refractivity contribution in [1.82, 2.24) is 30.3 Å². The second-order valence-corrected chi connectivity index (χ2v) is 6.72. The van der Waals surface area contributed by atoms with E-state index in [1.807, 2.05) is 32.3 Å². The fourth-order valence-electron chi connectivity index (χ4n) is 2.63. The van der Waals surface area contributed by atoms with Crippen molar-refractivity contribution in [1.29, 1.82) is 0 Å². The van der Waals surface area contributed by atoms with Crippen LogP contribution in [0.2, 0.25) is 0 Å². The lowest BCUT2D eigenvalue weighted by atomic mass is 10.2. The van der Waals surface area contributed by atoms with Crippen molar-refractivity contribution in [2.75, 3.05) is 40.3 Å². The standard InChI is InChI=1S/C20H33N7O/c1-5-19-25-24-16-27(19)11-10-22-20(21-6-2)23-15-17-8-7-9-18(14-17)28-13-12-26(3)4/h7-9,14,16H,5-6,10-13,15H2,1-4H3,(H2,21,22,23). The normalized spacial score (nSPS) is 11.7. The van der Waals surface area contributed by atoms with E-state index in [1.54, 1.807) is 6.33 Å². The van der Waals surface area contributed by atoms with Crippen molar-refractivity contribution in [3.63, 3.8) is 0 Å². The Kier molecular flexibility index (Phi) is 9.27. The Balaban J connectivity index is 1.87. The number of nitrogens with zero attached hydrogens (tertiary/aromatic N) is 5. The first-order chi connectivity index (χ1) is 13.6. The smallest absolute Gasteiger partial charge is 0.191 e. The first-order valence-electron chi connectivity index (χ1n) is 9.87. The van der Waals surface area contributed by atoms with Gasteiger partial charge in [0.2, 0.25) is 0 Å². The minimum Gasteiger partial charge on any atom is -0.492 e. The zero-order chi connectivity index (χ0) is 20.2. The maximum absolute atomic E-state index is 5.80. The van der Waals surface area contributed by atoms with Gasteiger partial charge in [0.25, 0.3) is 0 Å². The third kappa shape index (κ3) is 7.56. The predicted molar refractivity (Wildman–Crippen MR) is 113 cm³/mol. The van der Waals surface area contributed by atoms with Crippen LogP contribution in [0.5, 0.6) is 5.75 Å². The van der Waals surface area contributed by atoms with E-state index < -0.39 is 0 Å². The lowest BCUT2D eigenvalue weighted by molar-refractivity contribution is 0.261. The quantitative estimate of drug-likeness (QED) is 0.450. The van der Waals surface area contributed by atoms with Crippen LogP contribution < -0.4 is 15.4 Å². The Hall–Kier alpha value is -2.61. The first-order valence-corrected chi connectivity index (χ1v) is 9.87. The summed E-state index contributed by atoms with van der Waals surface area (Å²) in [6.07, 6.45) is 2.65. The molecule has 0 radical (unpaired) electrons. The van der Waals surface area contributed by atoms with Crippen molar-refractivity contribution in [2.45, 2.75) is 33.4 Å². The minimum atomic E-state index is 0.590. The van der Waals surface area contributed by atoms with Crippen molar-refractivity contribution in [3.05, 3.63) is 42.0 Å². The molecular weight excluding hydrogens is 354 g/mol. The maximum Gasteiger partial charge on any atom is 0.191 e. The second-order valence-electron chi connectivity index (χ2n) is 6.72. The zero-order valence-electron chi connectivity index (χ0n) is 17.5. The summed E-state index contributed by atoms with van der Waals surface area (Å²) < 4.78 is 7.86. The molecule has 2 aromatic rings. The zero-order valence-corrected chi connectivity index (χ0v) is 17.5. The third-order valence-electron chi connectivity index (χ3n) is 4.13. The summed E-state index contributed by atoms with van der Waals surface area (Å²) in [5.74, 6) is 2.68. The number of likely N-dealkylation sites (N-methyl/N-ethyl adjacent to an activating group) is 1. The molecule has 1 aromatic carbocycles. The lowest BCUT2D eigenvalue weighted by Gasteiger charge is -2.13. The summed E-state index contributed by atoms with van der Waals surface area (Å²) in [6, 6.07) is 8.11. The van der Waals surface area contributed by atoms with Crippen LogP contribution in [0, 0.1) is 0 Å². The average molecular weight is 388 g/mol. The molecule has 0 aliphatic rings. The summed E-state index contributed by atoms with van der Waals surface area (Å²) in [6.45, 7) is 8.67. The van der Waals surface area contributed by atoms with Gasteiger partial charge < -0.3 is 24.8 Å². The monoisotopic (exact) mass is 387 g/mol. The minimum absolute atomic E-state index is 0.590. The number of hydrogen-bond acceptors (Lipinski definition) is 5. The molecular formula is C20H33N7O. The highest BCUT2D eigenvalue weighted by Crippen LogP contribution is 2.14. The Morgan fingerprint density at radius 1 is 1.25 bits per heavy atom. The van der Waals surface area contributed by atoms with E-state index in [-0.39, 0.29) is 0 Å². The lowest BCUT2D eigenvalue weighted by Crippen LogP contribution is -2.38. The number of ether oxygens (including phenoxy) is 1. The Labute approximate surface area is 168 Å². The van der Waals surface area contributed by atoms with E-state index in [0.29, 0.717) is 13.2 Å². The van der Waals surface area contributed by atoms with Crippen LogP contribution in [-0.2, 0) is 19.5 Å². The van der Waals surface area contributed by atoms with E-state index in [0.717, 1.165) is 55.7 Å². The van der Waals surface area contributed by atoms with E-state index >= 15 is 0 Å². The molecule has 0 spiro atoms. The van der Waals surface area contributed by atoms with E-state index in [1.165, 1.54) is 0 Å². The molecule has 2 N–H and O–H groups in total. The molecule has 8 heteroatoms. The van der Waals surface area contributed by atoms with Gasteiger partial charge in [0.05, 0.1) is 6.54 Å². The number of nitrogens with one attached hydrogen (secondary N) is 2. The van der Waals surface area contributed by atoms with Crippen LogP contribution in [0.3, 0.4) is 0 Å². The summed E-state index contributed by atoms with van der Waals surface area (Å²) in [4.78, 5) is 6.79. The molecule has 0 amide bonds. The molecule has 154 valence electrons. The summed E-state index contributed by atoms with van der Waals surface area (Å²) in [5.41, 5.74) is 1.12. The number of rotatable bonds is 11. The topological polar surface area (TPSA) is 79.6 Å². The largest absolute Gasteiger partial charge is 0.492 e. The van der Waals surface area contributed by atoms with Crippen molar-refractivity contribution < 1.29 is 4.74 Å². The van der Waals surface area contributed by atoms with Gasteiger partial charge in [-0.3, -0.25) is 0 Å². The molecule has 0 bridgehead atoms. The number of benzene rings is 1. The van der Waals surface area contributed by atoms with Gasteiger partial charge >= 0.3 is 0 Å². The van der Waals surface area contributed by atoms with Crippen LogP contribution in [0.25, 0.3) is 0 Å². The summed E-state index contributed by atoms with van der Waals surface area (Å²) in [5, 5.41) is 14.7. The molecule has 2 rings (SSSR count). The van der Waals surface area contributed by atoms with Crippen LogP contribution in [0.15, 0.2) is 35.6 Å². The number of aliphatic imine (C=N–C) groups is 1. The number of aromatic nitrogens is 3. The van der Waals surface area contributed by atoms with Gasteiger partial charge in [-0.25, -0.2) is 4.99 Å². The summed E-state index contributed by atoms with van der Waals surface area (Å²) >= 11 is 0. The van der Waals surface area contributed by atoms with Crippen LogP contribution >= 0.6 is 0 Å². The van der Waals surface area contributed by atoms with E-state index in [2.05, 4.69) is 55.2 Å². The summed E-state index contributed by atoms with van der Waals surface area (Å²) in [7, 11) is 4.08. The molecule has 28 heavy (non-hydrogen) atoms. The van der Waals surface area contributed by atoms with Gasteiger partial charge in [-0.05, 0) is 38.7 Å². The van der Waals surface area contributed by atoms with Gasteiger partial charge in [-0.15, -0.1) is 10.2 Å². The van der Waals surface area contributed by atoms with Gasteiger partial charge in [-0.2, -0.15) is 0 Å². The molecule has 1 heterocycles. The predicted octanol–water partition coefficient (Wildman–Crippen LogP) is 1.54. The number of aryl methyl sites for hydroxylation is 1. The van der Waals surface area contributed by atoms with Crippen LogP contribution in [0.1, 0.15) is 25.2 Å². The fraction of sp³-hybridized carbons (Fsp3) is 0.550. The fourth-order valence-corrected chi connectivity index (χ4v) is 2.63. The van der Waals surface area contributed by atoms with E-state index in [9.17, 15) is 0 Å².